The van der Waals surface area contributed by atoms with E-state index in [4.69, 9.17) is 15.9 Å². The third-order valence-electron chi connectivity index (χ3n) is 2.09. The Morgan fingerprint density at radius 2 is 1.40 bits per heavy atom. The summed E-state index contributed by atoms with van der Waals surface area (Å²) in [5.41, 5.74) is 5.30. The van der Waals surface area contributed by atoms with Crippen LogP contribution in [0.2, 0.25) is 0 Å². The second-order valence-corrected chi connectivity index (χ2v) is 3.93. The average molecular weight is 287 g/mol. The molecule has 0 aromatic heterocycles. The van der Waals surface area contributed by atoms with Crippen molar-refractivity contribution in [1.29, 1.82) is 0 Å². The van der Waals surface area contributed by atoms with Crippen molar-refractivity contribution in [3.63, 3.8) is 0 Å². The van der Waals surface area contributed by atoms with Crippen LogP contribution in [0, 0.1) is 0 Å². The molecule has 0 aromatic rings. The molecule has 0 atom stereocenters. The van der Waals surface area contributed by atoms with E-state index in [2.05, 4.69) is 10.3 Å². The van der Waals surface area contributed by atoms with Gasteiger partial charge in [-0.3, -0.25) is 24.5 Å². The number of amides is 2. The second kappa shape index (κ2) is 9.48. The average Bonchev–Trinajstić information content (AvgIpc) is 2.26. The van der Waals surface area contributed by atoms with E-state index in [1.165, 1.54) is 0 Å². The lowest BCUT2D eigenvalue weighted by Crippen LogP contribution is -2.37. The number of carbonyl (C=O) groups is 4. The highest BCUT2D eigenvalue weighted by atomic mass is 16.4. The number of carbonyl (C=O) groups excluding carboxylic acids is 2. The minimum Gasteiger partial charge on any atom is -0.481 e. The fourth-order valence-electron chi connectivity index (χ4n) is 1.21. The fraction of sp³-hybridized carbons (Fsp3) is 0.545. The first-order valence-electron chi connectivity index (χ1n) is 5.91. The van der Waals surface area contributed by atoms with Crippen molar-refractivity contribution in [3.8, 4) is 0 Å². The summed E-state index contributed by atoms with van der Waals surface area (Å²) < 4.78 is 0. The first-order chi connectivity index (χ1) is 9.31. The van der Waals surface area contributed by atoms with Gasteiger partial charge in [-0.15, -0.1) is 0 Å². The van der Waals surface area contributed by atoms with Crippen LogP contribution in [0.4, 0.5) is 0 Å². The summed E-state index contributed by atoms with van der Waals surface area (Å²) >= 11 is 0. The number of nitrogens with zero attached hydrogens (tertiary/aromatic N) is 1. The van der Waals surface area contributed by atoms with Gasteiger partial charge in [0, 0.05) is 25.7 Å². The molecule has 0 heterocycles. The van der Waals surface area contributed by atoms with Crippen LogP contribution in [-0.2, 0) is 19.2 Å². The molecule has 0 saturated heterocycles. The Morgan fingerprint density at radius 3 is 1.90 bits per heavy atom. The largest absolute Gasteiger partial charge is 0.481 e. The molecule has 2 amide bonds. The van der Waals surface area contributed by atoms with Gasteiger partial charge < -0.3 is 15.9 Å². The van der Waals surface area contributed by atoms with Gasteiger partial charge >= 0.3 is 11.9 Å². The summed E-state index contributed by atoms with van der Waals surface area (Å²) in [6.07, 6.45) is -0.128. The third kappa shape index (κ3) is 10.7. The summed E-state index contributed by atoms with van der Waals surface area (Å²) in [5.74, 6) is -3.57. The Labute approximate surface area is 114 Å². The summed E-state index contributed by atoms with van der Waals surface area (Å²) in [6, 6.07) is 0. The van der Waals surface area contributed by atoms with Crippen LogP contribution in [0.1, 0.15) is 38.5 Å². The van der Waals surface area contributed by atoms with Crippen LogP contribution >= 0.6 is 0 Å². The van der Waals surface area contributed by atoms with Gasteiger partial charge in [-0.25, -0.2) is 0 Å². The molecule has 0 unspecified atom stereocenters. The molecule has 0 aliphatic rings. The number of carboxylic acid groups (broad SMARTS) is 2. The fourth-order valence-corrected chi connectivity index (χ4v) is 1.21. The van der Waals surface area contributed by atoms with Crippen LogP contribution < -0.4 is 11.1 Å². The highest BCUT2D eigenvalue weighted by Gasteiger charge is 2.07. The molecule has 0 aromatic carbocycles. The summed E-state index contributed by atoms with van der Waals surface area (Å²) in [6.45, 7) is 0. The molecule has 5 N–H and O–H groups in total. The highest BCUT2D eigenvalue weighted by molar-refractivity contribution is 6.01. The number of nitrogens with two attached hydrogens (primary N) is 1. The van der Waals surface area contributed by atoms with Gasteiger partial charge in [0.25, 0.3) is 0 Å². The molecule has 9 nitrogen and oxygen atoms in total. The molecule has 0 saturated carbocycles. The molecule has 0 radical (unpaired) electrons. The molecule has 0 bridgehead atoms. The van der Waals surface area contributed by atoms with E-state index in [0.717, 1.165) is 0 Å². The smallest absolute Gasteiger partial charge is 0.303 e. The number of guanidine groups is 1. The zero-order valence-corrected chi connectivity index (χ0v) is 10.8. The minimum atomic E-state index is -1.01. The Balaban J connectivity index is 3.98. The minimum absolute atomic E-state index is 0.0459. The van der Waals surface area contributed by atoms with Gasteiger partial charge in [-0.05, 0) is 12.8 Å². The number of aliphatic imine (C=N–C) groups is 1. The van der Waals surface area contributed by atoms with Gasteiger partial charge in [0.05, 0.1) is 0 Å². The van der Waals surface area contributed by atoms with E-state index < -0.39 is 23.8 Å². The molecule has 0 rings (SSSR count). The quantitative estimate of drug-likeness (QED) is 0.344. The maximum atomic E-state index is 11.3. The van der Waals surface area contributed by atoms with Gasteiger partial charge in [0.1, 0.15) is 0 Å². The van der Waals surface area contributed by atoms with E-state index in [1.807, 2.05) is 0 Å². The van der Waals surface area contributed by atoms with Gasteiger partial charge in [0.2, 0.25) is 17.8 Å². The predicted octanol–water partition coefficient (Wildman–Crippen LogP) is -0.546. The van der Waals surface area contributed by atoms with Crippen molar-refractivity contribution < 1.29 is 29.4 Å². The molecule has 20 heavy (non-hydrogen) atoms. The van der Waals surface area contributed by atoms with Crippen LogP contribution in [0.5, 0.6) is 0 Å². The first kappa shape index (κ1) is 17.6. The van der Waals surface area contributed by atoms with Crippen molar-refractivity contribution in [2.45, 2.75) is 38.5 Å². The van der Waals surface area contributed by atoms with Gasteiger partial charge in [0.15, 0.2) is 0 Å². The Hall–Kier alpha value is -2.45. The third-order valence-corrected chi connectivity index (χ3v) is 2.09. The van der Waals surface area contributed by atoms with Crippen molar-refractivity contribution in [2.24, 2.45) is 10.7 Å². The van der Waals surface area contributed by atoms with Crippen LogP contribution in [-0.4, -0.2) is 39.9 Å². The van der Waals surface area contributed by atoms with Crippen LogP contribution in [0.3, 0.4) is 0 Å². The van der Waals surface area contributed by atoms with E-state index in [0.29, 0.717) is 0 Å². The monoisotopic (exact) mass is 287 g/mol. The Bertz CT molecular complexity index is 418. The number of hydrogen-bond donors (Lipinski definition) is 4. The predicted molar refractivity (Wildman–Crippen MR) is 67.7 cm³/mol. The first-order valence-corrected chi connectivity index (χ1v) is 5.91. The van der Waals surface area contributed by atoms with Crippen LogP contribution in [0.25, 0.3) is 0 Å². The van der Waals surface area contributed by atoms with E-state index in [-0.39, 0.29) is 44.5 Å². The topological polar surface area (TPSA) is 159 Å². The second-order valence-electron chi connectivity index (χ2n) is 3.93. The number of carboxylic acids is 2. The summed E-state index contributed by atoms with van der Waals surface area (Å²) in [4.78, 5) is 46.3. The van der Waals surface area contributed by atoms with Crippen molar-refractivity contribution in [3.05, 3.63) is 0 Å². The number of aliphatic carboxylic acids is 2. The lowest BCUT2D eigenvalue weighted by molar-refractivity contribution is -0.138. The number of rotatable bonds is 8. The highest BCUT2D eigenvalue weighted by Crippen LogP contribution is 1.98. The maximum absolute atomic E-state index is 11.3. The molecular formula is C11H17N3O6. The molecule has 112 valence electrons. The van der Waals surface area contributed by atoms with Gasteiger partial charge in [-0.1, -0.05) is 0 Å². The number of nitrogens with one attached hydrogen (secondary N) is 1. The van der Waals surface area contributed by atoms with Gasteiger partial charge in [-0.2, -0.15) is 4.99 Å². The molecule has 0 spiro atoms. The molecular weight excluding hydrogens is 270 g/mol. The van der Waals surface area contributed by atoms with Crippen molar-refractivity contribution in [1.82, 2.24) is 5.32 Å². The summed E-state index contributed by atoms with van der Waals surface area (Å²) in [5, 5.41) is 18.9. The molecule has 9 heteroatoms. The lowest BCUT2D eigenvalue weighted by Gasteiger charge is -2.03. The Kier molecular flexibility index (Phi) is 8.32. The zero-order chi connectivity index (χ0) is 15.5. The Morgan fingerprint density at radius 1 is 0.900 bits per heavy atom. The standard InChI is InChI=1S/C11H17N3O6/c12-11(13-7(15)3-1-5-9(17)18)14-8(16)4-2-6-10(19)20/h1-6H2,(H,17,18)(H,19,20)(H3,12,13,14,15,16). The molecule has 0 aliphatic carbocycles. The maximum Gasteiger partial charge on any atom is 0.303 e. The normalized spacial score (nSPS) is 10.9. The zero-order valence-electron chi connectivity index (χ0n) is 10.8. The molecule has 0 aliphatic heterocycles. The van der Waals surface area contributed by atoms with E-state index in [9.17, 15) is 19.2 Å². The number of hydrogen-bond acceptors (Lipinski definition) is 4. The van der Waals surface area contributed by atoms with E-state index >= 15 is 0 Å². The van der Waals surface area contributed by atoms with E-state index in [1.54, 1.807) is 0 Å². The SMILES string of the molecule is NC(=NC(=O)CCCC(=O)O)NC(=O)CCCC(=O)O. The molecule has 0 fully saturated rings. The van der Waals surface area contributed by atoms with Crippen molar-refractivity contribution >= 4 is 29.7 Å². The lowest BCUT2D eigenvalue weighted by atomic mass is 10.2. The summed E-state index contributed by atoms with van der Waals surface area (Å²) in [7, 11) is 0. The van der Waals surface area contributed by atoms with Crippen molar-refractivity contribution in [2.75, 3.05) is 0 Å². The van der Waals surface area contributed by atoms with Crippen LogP contribution in [0.15, 0.2) is 4.99 Å².